The number of rotatable bonds is 2. The lowest BCUT2D eigenvalue weighted by Gasteiger charge is -2.45. The van der Waals surface area contributed by atoms with E-state index in [2.05, 4.69) is 31.2 Å². The predicted molar refractivity (Wildman–Crippen MR) is 83.9 cm³/mol. The fraction of sp³-hybridized carbons (Fsp3) is 0.368. The third kappa shape index (κ3) is 2.87. The Kier molecular flexibility index (Phi) is 3.83. The van der Waals surface area contributed by atoms with Crippen molar-refractivity contribution >= 4 is 0 Å². The van der Waals surface area contributed by atoms with Crippen LogP contribution in [0.1, 0.15) is 43.6 Å². The van der Waals surface area contributed by atoms with Gasteiger partial charge in [0.2, 0.25) is 0 Å². The maximum atomic E-state index is 10.8. The summed E-state index contributed by atoms with van der Waals surface area (Å²) in [5.41, 5.74) is 1.52. The van der Waals surface area contributed by atoms with Crippen molar-refractivity contribution in [3.05, 3.63) is 71.8 Å². The first-order chi connectivity index (χ1) is 10.1. The molecule has 0 saturated carbocycles. The number of ether oxygens (including phenoxy) is 1. The molecule has 0 aromatic heterocycles. The van der Waals surface area contributed by atoms with E-state index in [0.29, 0.717) is 6.42 Å². The van der Waals surface area contributed by atoms with Crippen LogP contribution in [-0.2, 0) is 4.74 Å². The molecule has 1 N–H and O–H groups in total. The van der Waals surface area contributed by atoms with Gasteiger partial charge in [0.1, 0.15) is 0 Å². The molecule has 1 aliphatic rings. The van der Waals surface area contributed by atoms with E-state index in [0.717, 1.165) is 11.1 Å². The molecule has 1 saturated heterocycles. The van der Waals surface area contributed by atoms with Crippen molar-refractivity contribution in [2.24, 2.45) is 5.92 Å². The van der Waals surface area contributed by atoms with Crippen molar-refractivity contribution in [3.8, 4) is 0 Å². The van der Waals surface area contributed by atoms with Gasteiger partial charge in [-0.1, -0.05) is 67.6 Å². The van der Waals surface area contributed by atoms with Crippen molar-refractivity contribution in [1.29, 1.82) is 0 Å². The van der Waals surface area contributed by atoms with Crippen LogP contribution < -0.4 is 0 Å². The highest BCUT2D eigenvalue weighted by atomic mass is 16.5. The molecule has 21 heavy (non-hydrogen) atoms. The Morgan fingerprint density at radius 3 is 2.05 bits per heavy atom. The maximum Gasteiger partial charge on any atom is 0.0886 e. The maximum absolute atomic E-state index is 10.8. The minimum atomic E-state index is -0.737. The summed E-state index contributed by atoms with van der Waals surface area (Å²) in [4.78, 5) is 0. The average Bonchev–Trinajstić information content (AvgIpc) is 2.51. The first kappa shape index (κ1) is 14.3. The number of hydrogen-bond donors (Lipinski definition) is 1. The predicted octanol–water partition coefficient (Wildman–Crippen LogP) is 4.28. The number of aliphatic hydroxyl groups is 1. The summed E-state index contributed by atoms with van der Waals surface area (Å²) in [6.45, 7) is 3.99. The molecule has 1 aliphatic heterocycles. The summed E-state index contributed by atoms with van der Waals surface area (Å²) in [5, 5.41) is 10.8. The molecule has 2 aromatic rings. The molecular weight excluding hydrogens is 260 g/mol. The van der Waals surface area contributed by atoms with Crippen molar-refractivity contribution in [2.45, 2.75) is 38.1 Å². The Hall–Kier alpha value is -1.64. The zero-order valence-electron chi connectivity index (χ0n) is 12.6. The zero-order valence-corrected chi connectivity index (χ0v) is 12.6. The molecule has 1 fully saturated rings. The van der Waals surface area contributed by atoms with E-state index in [1.165, 1.54) is 0 Å². The van der Waals surface area contributed by atoms with Crippen LogP contribution in [0.25, 0.3) is 0 Å². The summed E-state index contributed by atoms with van der Waals surface area (Å²) >= 11 is 0. The van der Waals surface area contributed by atoms with Crippen LogP contribution >= 0.6 is 0 Å². The molecular formula is C19H22O2. The summed E-state index contributed by atoms with van der Waals surface area (Å²) < 4.78 is 6.35. The van der Waals surface area contributed by atoms with E-state index in [1.54, 1.807) is 0 Å². The molecule has 0 spiro atoms. The van der Waals surface area contributed by atoms with E-state index in [-0.39, 0.29) is 18.1 Å². The summed E-state index contributed by atoms with van der Waals surface area (Å²) in [6.07, 6.45) is 0.476. The van der Waals surface area contributed by atoms with Gasteiger partial charge in [0.25, 0.3) is 0 Å². The van der Waals surface area contributed by atoms with Gasteiger partial charge in [0, 0.05) is 12.3 Å². The Balaban J connectivity index is 1.93. The van der Waals surface area contributed by atoms with Crippen LogP contribution in [-0.4, -0.2) is 10.7 Å². The van der Waals surface area contributed by atoms with E-state index < -0.39 is 5.60 Å². The standard InChI is InChI=1S/C19H22O2/c1-14-18(16-11-7-4-8-12-16)21-17(13-19(14,2)20)15-9-5-3-6-10-15/h3-12,14,17-18,20H,13H2,1-2H3/t14-,17-,18+,19-/m1/s1. The Bertz CT molecular complexity index is 577. The van der Waals surface area contributed by atoms with Crippen LogP contribution in [0.3, 0.4) is 0 Å². The second-order valence-electron chi connectivity index (χ2n) is 6.22. The first-order valence-corrected chi connectivity index (χ1v) is 7.55. The van der Waals surface area contributed by atoms with Gasteiger partial charge >= 0.3 is 0 Å². The minimum absolute atomic E-state index is 0.0554. The van der Waals surface area contributed by atoms with Gasteiger partial charge in [-0.15, -0.1) is 0 Å². The van der Waals surface area contributed by atoms with Gasteiger partial charge in [-0.3, -0.25) is 0 Å². The van der Waals surface area contributed by atoms with Crippen LogP contribution in [0, 0.1) is 5.92 Å². The average molecular weight is 282 g/mol. The summed E-state index contributed by atoms with van der Waals surface area (Å²) in [6, 6.07) is 20.4. The Labute approximate surface area is 126 Å². The molecule has 0 radical (unpaired) electrons. The fourth-order valence-corrected chi connectivity index (χ4v) is 3.10. The van der Waals surface area contributed by atoms with Crippen LogP contribution in [0.2, 0.25) is 0 Å². The van der Waals surface area contributed by atoms with Gasteiger partial charge in [-0.2, -0.15) is 0 Å². The SMILES string of the molecule is C[C@@H]1[C@@H](c2ccccc2)O[C@@H](c2ccccc2)C[C@@]1(C)O. The number of hydrogen-bond acceptors (Lipinski definition) is 2. The van der Waals surface area contributed by atoms with Gasteiger partial charge in [0.15, 0.2) is 0 Å². The molecule has 110 valence electrons. The van der Waals surface area contributed by atoms with Crippen molar-refractivity contribution in [3.63, 3.8) is 0 Å². The highest BCUT2D eigenvalue weighted by Gasteiger charge is 2.43. The number of benzene rings is 2. The smallest absolute Gasteiger partial charge is 0.0886 e. The first-order valence-electron chi connectivity index (χ1n) is 7.55. The second kappa shape index (κ2) is 5.63. The monoisotopic (exact) mass is 282 g/mol. The van der Waals surface area contributed by atoms with Gasteiger partial charge < -0.3 is 9.84 Å². The third-order valence-corrected chi connectivity index (χ3v) is 4.64. The molecule has 1 heterocycles. The van der Waals surface area contributed by atoms with Crippen molar-refractivity contribution in [1.82, 2.24) is 0 Å². The van der Waals surface area contributed by atoms with Crippen LogP contribution in [0.4, 0.5) is 0 Å². The van der Waals surface area contributed by atoms with Crippen LogP contribution in [0.15, 0.2) is 60.7 Å². The van der Waals surface area contributed by atoms with Crippen LogP contribution in [0.5, 0.6) is 0 Å². The Morgan fingerprint density at radius 1 is 0.952 bits per heavy atom. The van der Waals surface area contributed by atoms with Crippen molar-refractivity contribution < 1.29 is 9.84 Å². The molecule has 0 unspecified atom stereocenters. The fourth-order valence-electron chi connectivity index (χ4n) is 3.10. The van der Waals surface area contributed by atoms with E-state index in [1.807, 2.05) is 43.3 Å². The molecule has 4 atom stereocenters. The highest BCUT2D eigenvalue weighted by Crippen LogP contribution is 2.47. The lowest BCUT2D eigenvalue weighted by Crippen LogP contribution is -2.44. The molecule has 2 heteroatoms. The van der Waals surface area contributed by atoms with E-state index >= 15 is 0 Å². The third-order valence-electron chi connectivity index (χ3n) is 4.64. The molecule has 0 amide bonds. The van der Waals surface area contributed by atoms with Crippen molar-refractivity contribution in [2.75, 3.05) is 0 Å². The van der Waals surface area contributed by atoms with Gasteiger partial charge in [0.05, 0.1) is 17.8 Å². The lowest BCUT2D eigenvalue weighted by atomic mass is 9.76. The molecule has 2 nitrogen and oxygen atoms in total. The molecule has 2 aromatic carbocycles. The van der Waals surface area contributed by atoms with E-state index in [9.17, 15) is 5.11 Å². The van der Waals surface area contributed by atoms with Gasteiger partial charge in [-0.25, -0.2) is 0 Å². The topological polar surface area (TPSA) is 29.5 Å². The second-order valence-corrected chi connectivity index (χ2v) is 6.22. The molecule has 3 rings (SSSR count). The highest BCUT2D eigenvalue weighted by molar-refractivity contribution is 5.23. The zero-order chi connectivity index (χ0) is 14.9. The quantitative estimate of drug-likeness (QED) is 0.891. The van der Waals surface area contributed by atoms with E-state index in [4.69, 9.17) is 4.74 Å². The van der Waals surface area contributed by atoms with Gasteiger partial charge in [-0.05, 0) is 18.1 Å². The minimum Gasteiger partial charge on any atom is -0.390 e. The lowest BCUT2D eigenvalue weighted by molar-refractivity contribution is -0.178. The normalized spacial score (nSPS) is 32.8. The summed E-state index contributed by atoms with van der Waals surface area (Å²) in [5.74, 6) is 0.0554. The molecule has 0 bridgehead atoms. The largest absolute Gasteiger partial charge is 0.390 e. The molecule has 0 aliphatic carbocycles. The summed E-state index contributed by atoms with van der Waals surface area (Å²) in [7, 11) is 0. The Morgan fingerprint density at radius 2 is 1.48 bits per heavy atom.